The van der Waals surface area contributed by atoms with Crippen molar-refractivity contribution in [3.05, 3.63) is 222 Å². The number of hydrogen-bond donors (Lipinski definition) is 0. The molecule has 1 aliphatic heterocycles. The highest BCUT2D eigenvalue weighted by Gasteiger charge is 2.52. The SMILES string of the molecule is c1ccc(-c2cc(-c3ccccc3)nc(N3c4ccccc4C4(c5ccccc5-c5ccc(-c6ccc7oc8ccccc8c7c6)cc54)c4ccccc43)n2)cc1. The normalized spacial score (nSPS) is 13.4. The van der Waals surface area contributed by atoms with Gasteiger partial charge in [-0.3, -0.25) is 4.90 Å². The molecular weight excluding hydrogens is 695 g/mol. The van der Waals surface area contributed by atoms with Crippen molar-refractivity contribution in [3.8, 4) is 44.8 Å². The summed E-state index contributed by atoms with van der Waals surface area (Å²) in [5.41, 5.74) is 16.9. The van der Waals surface area contributed by atoms with Crippen LogP contribution in [0, 0.1) is 0 Å². The summed E-state index contributed by atoms with van der Waals surface area (Å²) >= 11 is 0. The highest BCUT2D eigenvalue weighted by Crippen LogP contribution is 2.63. The minimum Gasteiger partial charge on any atom is -0.456 e. The molecule has 0 saturated heterocycles. The molecule has 3 heterocycles. The van der Waals surface area contributed by atoms with Crippen molar-refractivity contribution in [2.24, 2.45) is 0 Å². The van der Waals surface area contributed by atoms with E-state index in [0.29, 0.717) is 5.95 Å². The molecule has 4 nitrogen and oxygen atoms in total. The minimum atomic E-state index is -0.600. The molecular formula is C53H33N3O. The number of hydrogen-bond acceptors (Lipinski definition) is 4. The predicted molar refractivity (Wildman–Crippen MR) is 231 cm³/mol. The van der Waals surface area contributed by atoms with Crippen molar-refractivity contribution in [2.45, 2.75) is 5.41 Å². The summed E-state index contributed by atoms with van der Waals surface area (Å²) in [6, 6.07) is 71.4. The molecule has 0 atom stereocenters. The molecule has 0 unspecified atom stereocenters. The molecule has 8 aromatic carbocycles. The van der Waals surface area contributed by atoms with Crippen molar-refractivity contribution in [1.29, 1.82) is 0 Å². The van der Waals surface area contributed by atoms with Gasteiger partial charge >= 0.3 is 0 Å². The molecule has 57 heavy (non-hydrogen) atoms. The molecule has 0 fully saturated rings. The van der Waals surface area contributed by atoms with Crippen LogP contribution in [0.15, 0.2) is 205 Å². The van der Waals surface area contributed by atoms with Crippen molar-refractivity contribution < 1.29 is 4.42 Å². The first kappa shape index (κ1) is 31.8. The third-order valence-corrected chi connectivity index (χ3v) is 11.9. The van der Waals surface area contributed by atoms with Crippen LogP contribution in [0.5, 0.6) is 0 Å². The Morgan fingerprint density at radius 1 is 0.368 bits per heavy atom. The quantitative estimate of drug-likeness (QED) is 0.181. The molecule has 0 bridgehead atoms. The monoisotopic (exact) mass is 727 g/mol. The van der Waals surface area contributed by atoms with Gasteiger partial charge in [-0.2, -0.15) is 0 Å². The lowest BCUT2D eigenvalue weighted by Gasteiger charge is -2.44. The third kappa shape index (κ3) is 4.62. The molecule has 0 radical (unpaired) electrons. The summed E-state index contributed by atoms with van der Waals surface area (Å²) in [5.74, 6) is 0.630. The molecule has 2 aromatic heterocycles. The Balaban J connectivity index is 1.11. The van der Waals surface area contributed by atoms with Crippen LogP contribution < -0.4 is 4.90 Å². The number of nitrogens with zero attached hydrogens (tertiary/aromatic N) is 3. The second kappa shape index (κ2) is 12.2. The van der Waals surface area contributed by atoms with E-state index in [-0.39, 0.29) is 0 Å². The Kier molecular flexibility index (Phi) is 6.81. The van der Waals surface area contributed by atoms with Crippen LogP contribution in [0.4, 0.5) is 17.3 Å². The van der Waals surface area contributed by atoms with Gasteiger partial charge in [0.15, 0.2) is 0 Å². The molecule has 10 aromatic rings. The van der Waals surface area contributed by atoms with Crippen LogP contribution in [0.3, 0.4) is 0 Å². The number of furan rings is 1. The molecule has 0 saturated carbocycles. The largest absolute Gasteiger partial charge is 0.456 e. The molecule has 1 aliphatic carbocycles. The molecule has 4 heteroatoms. The van der Waals surface area contributed by atoms with E-state index in [1.807, 2.05) is 24.3 Å². The smallest absolute Gasteiger partial charge is 0.235 e. The van der Waals surface area contributed by atoms with E-state index in [0.717, 1.165) is 67.0 Å². The van der Waals surface area contributed by atoms with Crippen molar-refractivity contribution >= 4 is 39.3 Å². The fourth-order valence-corrected chi connectivity index (χ4v) is 9.45. The van der Waals surface area contributed by atoms with E-state index in [1.54, 1.807) is 0 Å². The molecule has 1 spiro atoms. The van der Waals surface area contributed by atoms with E-state index >= 15 is 0 Å². The lowest BCUT2D eigenvalue weighted by atomic mass is 9.64. The lowest BCUT2D eigenvalue weighted by Crippen LogP contribution is -2.36. The van der Waals surface area contributed by atoms with Gasteiger partial charge in [-0.1, -0.05) is 158 Å². The topological polar surface area (TPSA) is 42.2 Å². The van der Waals surface area contributed by atoms with Crippen molar-refractivity contribution in [3.63, 3.8) is 0 Å². The fourth-order valence-electron chi connectivity index (χ4n) is 9.45. The second-order valence-corrected chi connectivity index (χ2v) is 14.9. The third-order valence-electron chi connectivity index (χ3n) is 11.9. The van der Waals surface area contributed by atoms with Crippen LogP contribution in [-0.4, -0.2) is 9.97 Å². The van der Waals surface area contributed by atoms with Crippen LogP contribution in [0.1, 0.15) is 22.3 Å². The Bertz CT molecular complexity index is 3100. The number of para-hydroxylation sites is 3. The van der Waals surface area contributed by atoms with E-state index < -0.39 is 5.41 Å². The average Bonchev–Trinajstić information content (AvgIpc) is 3.80. The van der Waals surface area contributed by atoms with E-state index in [1.165, 1.54) is 33.4 Å². The summed E-state index contributed by atoms with van der Waals surface area (Å²) in [6.07, 6.45) is 0. The van der Waals surface area contributed by atoms with Crippen LogP contribution >= 0.6 is 0 Å². The summed E-state index contributed by atoms with van der Waals surface area (Å²) in [7, 11) is 0. The molecule has 266 valence electrons. The van der Waals surface area contributed by atoms with Gasteiger partial charge in [-0.05, 0) is 87.0 Å². The van der Waals surface area contributed by atoms with Gasteiger partial charge in [0.05, 0.1) is 28.2 Å². The molecule has 0 N–H and O–H groups in total. The number of anilines is 3. The predicted octanol–water partition coefficient (Wildman–Crippen LogP) is 13.5. The van der Waals surface area contributed by atoms with Gasteiger partial charge < -0.3 is 4.42 Å². The average molecular weight is 728 g/mol. The van der Waals surface area contributed by atoms with Gasteiger partial charge in [0.25, 0.3) is 0 Å². The maximum Gasteiger partial charge on any atom is 0.235 e. The Hall–Kier alpha value is -7.56. The Morgan fingerprint density at radius 3 is 1.60 bits per heavy atom. The first-order valence-electron chi connectivity index (χ1n) is 19.4. The van der Waals surface area contributed by atoms with Gasteiger partial charge in [0.2, 0.25) is 5.95 Å². The number of rotatable bonds is 4. The number of fused-ring (bicyclic) bond motifs is 12. The summed E-state index contributed by atoms with van der Waals surface area (Å²) in [6.45, 7) is 0. The lowest BCUT2D eigenvalue weighted by molar-refractivity contribution is 0.669. The molecule has 2 aliphatic rings. The van der Waals surface area contributed by atoms with Gasteiger partial charge in [0, 0.05) is 21.9 Å². The highest BCUT2D eigenvalue weighted by molar-refractivity contribution is 6.06. The zero-order chi connectivity index (χ0) is 37.5. The minimum absolute atomic E-state index is 0.600. The first-order chi connectivity index (χ1) is 28.3. The zero-order valence-electron chi connectivity index (χ0n) is 30.8. The standard InChI is InChI=1S/C53H33N3O/c1-3-15-34(16-4-1)46-33-47(35-17-5-2-6-18-35)55-52(54-46)56-48-24-12-10-22-43(48)53(44-23-11-13-25-49(44)56)42-21-9-7-19-38(42)39-29-27-37(32-45(39)53)36-28-30-51-41(31-36)40-20-8-14-26-50(40)57-51/h1-33H. The van der Waals surface area contributed by atoms with Crippen LogP contribution in [-0.2, 0) is 5.41 Å². The van der Waals surface area contributed by atoms with Gasteiger partial charge in [0.1, 0.15) is 11.2 Å². The highest BCUT2D eigenvalue weighted by atomic mass is 16.3. The Labute approximate surface area is 330 Å². The van der Waals surface area contributed by atoms with Crippen molar-refractivity contribution in [1.82, 2.24) is 9.97 Å². The fraction of sp³-hybridized carbons (Fsp3) is 0.0189. The second-order valence-electron chi connectivity index (χ2n) is 14.9. The van der Waals surface area contributed by atoms with E-state index in [4.69, 9.17) is 14.4 Å². The van der Waals surface area contributed by atoms with Crippen molar-refractivity contribution in [2.75, 3.05) is 4.90 Å². The summed E-state index contributed by atoms with van der Waals surface area (Å²) < 4.78 is 6.22. The first-order valence-corrected chi connectivity index (χ1v) is 19.4. The molecule has 0 amide bonds. The van der Waals surface area contributed by atoms with Crippen LogP contribution in [0.25, 0.3) is 66.7 Å². The summed E-state index contributed by atoms with van der Waals surface area (Å²) in [4.78, 5) is 13.0. The van der Waals surface area contributed by atoms with Crippen LogP contribution in [0.2, 0.25) is 0 Å². The van der Waals surface area contributed by atoms with Gasteiger partial charge in [-0.15, -0.1) is 0 Å². The number of aromatic nitrogens is 2. The maximum absolute atomic E-state index is 6.22. The molecule has 12 rings (SSSR count). The summed E-state index contributed by atoms with van der Waals surface area (Å²) in [5, 5.41) is 2.25. The van der Waals surface area contributed by atoms with E-state index in [2.05, 4.69) is 181 Å². The maximum atomic E-state index is 6.22. The Morgan fingerprint density at radius 2 is 0.895 bits per heavy atom. The van der Waals surface area contributed by atoms with E-state index in [9.17, 15) is 0 Å². The zero-order valence-corrected chi connectivity index (χ0v) is 30.8. The number of benzene rings is 8. The van der Waals surface area contributed by atoms with Gasteiger partial charge in [-0.25, -0.2) is 9.97 Å².